The second kappa shape index (κ2) is 4.67. The van der Waals surface area contributed by atoms with Crippen molar-refractivity contribution in [3.63, 3.8) is 0 Å². The maximum absolute atomic E-state index is 9.42. The maximum atomic E-state index is 9.42. The Kier molecular flexibility index (Phi) is 3.54. The maximum Gasteiger partial charge on any atom is 0.119 e. The zero-order valence-electron chi connectivity index (χ0n) is 8.07. The average Bonchev–Trinajstić information content (AvgIpc) is 2.19. The normalized spacial score (nSPS) is 11.7. The SMILES string of the molecule is C/C(=C\Cc1cc(O)ccc1O)CO. The molecule has 0 radical (unpaired) electrons. The summed E-state index contributed by atoms with van der Waals surface area (Å²) in [5.41, 5.74) is 1.49. The van der Waals surface area contributed by atoms with Crippen molar-refractivity contribution in [1.82, 2.24) is 0 Å². The van der Waals surface area contributed by atoms with Gasteiger partial charge >= 0.3 is 0 Å². The van der Waals surface area contributed by atoms with Gasteiger partial charge < -0.3 is 15.3 Å². The summed E-state index contributed by atoms with van der Waals surface area (Å²) in [6.45, 7) is 1.82. The number of rotatable bonds is 3. The van der Waals surface area contributed by atoms with E-state index in [1.165, 1.54) is 18.2 Å². The molecule has 0 aliphatic heterocycles. The lowest BCUT2D eigenvalue weighted by molar-refractivity contribution is 0.331. The van der Waals surface area contributed by atoms with Crippen molar-refractivity contribution in [2.75, 3.05) is 6.61 Å². The molecular formula is C11H14O3. The minimum atomic E-state index is 0.0135. The Balaban J connectivity index is 2.81. The van der Waals surface area contributed by atoms with E-state index < -0.39 is 0 Å². The van der Waals surface area contributed by atoms with Gasteiger partial charge in [0.15, 0.2) is 0 Å². The first-order valence-electron chi connectivity index (χ1n) is 4.41. The molecule has 1 aromatic rings. The second-order valence-corrected chi connectivity index (χ2v) is 3.23. The van der Waals surface area contributed by atoms with Crippen molar-refractivity contribution in [2.45, 2.75) is 13.3 Å². The topological polar surface area (TPSA) is 60.7 Å². The molecule has 0 saturated heterocycles. The third-order valence-electron chi connectivity index (χ3n) is 1.98. The molecular weight excluding hydrogens is 180 g/mol. The molecule has 1 rings (SSSR count). The molecule has 0 heterocycles. The Labute approximate surface area is 82.9 Å². The van der Waals surface area contributed by atoms with E-state index in [-0.39, 0.29) is 18.1 Å². The summed E-state index contributed by atoms with van der Waals surface area (Å²) < 4.78 is 0. The van der Waals surface area contributed by atoms with Crippen LogP contribution in [-0.2, 0) is 6.42 Å². The van der Waals surface area contributed by atoms with Crippen LogP contribution >= 0.6 is 0 Å². The van der Waals surface area contributed by atoms with E-state index in [0.717, 1.165) is 5.57 Å². The summed E-state index contributed by atoms with van der Waals surface area (Å²) in [5, 5.41) is 27.4. The quantitative estimate of drug-likeness (QED) is 0.505. The van der Waals surface area contributed by atoms with Gasteiger partial charge in [0, 0.05) is 5.56 Å². The van der Waals surface area contributed by atoms with Crippen molar-refractivity contribution in [3.05, 3.63) is 35.4 Å². The molecule has 0 amide bonds. The van der Waals surface area contributed by atoms with E-state index in [9.17, 15) is 10.2 Å². The van der Waals surface area contributed by atoms with Crippen LogP contribution in [0.3, 0.4) is 0 Å². The molecule has 0 bridgehead atoms. The highest BCUT2D eigenvalue weighted by molar-refractivity contribution is 5.39. The summed E-state index contributed by atoms with van der Waals surface area (Å²) >= 11 is 0. The summed E-state index contributed by atoms with van der Waals surface area (Å²) in [4.78, 5) is 0. The highest BCUT2D eigenvalue weighted by atomic mass is 16.3. The van der Waals surface area contributed by atoms with Gasteiger partial charge in [0.25, 0.3) is 0 Å². The monoisotopic (exact) mass is 194 g/mol. The van der Waals surface area contributed by atoms with E-state index in [4.69, 9.17) is 5.11 Å². The lowest BCUT2D eigenvalue weighted by atomic mass is 10.1. The van der Waals surface area contributed by atoms with Crippen LogP contribution in [0.4, 0.5) is 0 Å². The van der Waals surface area contributed by atoms with Gasteiger partial charge in [-0.1, -0.05) is 11.6 Å². The average molecular weight is 194 g/mol. The van der Waals surface area contributed by atoms with Gasteiger partial charge in [-0.3, -0.25) is 0 Å². The third-order valence-corrected chi connectivity index (χ3v) is 1.98. The van der Waals surface area contributed by atoms with Crippen LogP contribution in [0.5, 0.6) is 11.5 Å². The molecule has 0 unspecified atom stereocenters. The first kappa shape index (κ1) is 10.6. The smallest absolute Gasteiger partial charge is 0.119 e. The van der Waals surface area contributed by atoms with Crippen molar-refractivity contribution < 1.29 is 15.3 Å². The first-order chi connectivity index (χ1) is 6.63. The van der Waals surface area contributed by atoms with Crippen molar-refractivity contribution in [1.29, 1.82) is 0 Å². The van der Waals surface area contributed by atoms with Crippen LogP contribution in [0.2, 0.25) is 0 Å². The van der Waals surface area contributed by atoms with Gasteiger partial charge in [-0.2, -0.15) is 0 Å². The molecule has 0 aliphatic rings. The van der Waals surface area contributed by atoms with Gasteiger partial charge in [0.05, 0.1) is 6.61 Å². The van der Waals surface area contributed by atoms with E-state index in [1.807, 2.05) is 6.08 Å². The van der Waals surface area contributed by atoms with Crippen LogP contribution in [-0.4, -0.2) is 21.9 Å². The van der Waals surface area contributed by atoms with E-state index >= 15 is 0 Å². The predicted molar refractivity (Wildman–Crippen MR) is 54.3 cm³/mol. The molecule has 0 aliphatic carbocycles. The second-order valence-electron chi connectivity index (χ2n) is 3.23. The van der Waals surface area contributed by atoms with Crippen LogP contribution < -0.4 is 0 Å². The van der Waals surface area contributed by atoms with E-state index in [0.29, 0.717) is 12.0 Å². The highest BCUT2D eigenvalue weighted by Crippen LogP contribution is 2.22. The number of aliphatic hydroxyl groups excluding tert-OH is 1. The summed E-state index contributed by atoms with van der Waals surface area (Å²) in [7, 11) is 0. The zero-order chi connectivity index (χ0) is 10.6. The summed E-state index contributed by atoms with van der Waals surface area (Å²) in [6, 6.07) is 4.39. The number of hydrogen-bond acceptors (Lipinski definition) is 3. The Morgan fingerprint density at radius 3 is 2.71 bits per heavy atom. The molecule has 0 fully saturated rings. The number of phenols is 2. The van der Waals surface area contributed by atoms with Crippen molar-refractivity contribution in [3.8, 4) is 11.5 Å². The number of aliphatic hydroxyl groups is 1. The lowest BCUT2D eigenvalue weighted by Crippen LogP contribution is -1.87. The molecule has 3 heteroatoms. The Bertz CT molecular complexity index is 342. The number of hydrogen-bond donors (Lipinski definition) is 3. The first-order valence-corrected chi connectivity index (χ1v) is 4.41. The number of phenolic OH excluding ortho intramolecular Hbond substituents is 2. The molecule has 0 spiro atoms. The number of aromatic hydroxyl groups is 2. The van der Waals surface area contributed by atoms with Gasteiger partial charge in [-0.25, -0.2) is 0 Å². The Hall–Kier alpha value is -1.48. The lowest BCUT2D eigenvalue weighted by Gasteiger charge is -2.02. The minimum Gasteiger partial charge on any atom is -0.508 e. The third kappa shape index (κ3) is 2.78. The Morgan fingerprint density at radius 1 is 1.36 bits per heavy atom. The van der Waals surface area contributed by atoms with Crippen molar-refractivity contribution >= 4 is 0 Å². The van der Waals surface area contributed by atoms with Crippen LogP contribution in [0, 0.1) is 0 Å². The van der Waals surface area contributed by atoms with Gasteiger partial charge in [0.2, 0.25) is 0 Å². The van der Waals surface area contributed by atoms with Gasteiger partial charge in [0.1, 0.15) is 11.5 Å². The van der Waals surface area contributed by atoms with E-state index in [1.54, 1.807) is 6.92 Å². The predicted octanol–water partition coefficient (Wildman–Crippen LogP) is 1.58. The minimum absolute atomic E-state index is 0.0135. The van der Waals surface area contributed by atoms with E-state index in [2.05, 4.69) is 0 Å². The fraction of sp³-hybridized carbons (Fsp3) is 0.273. The molecule has 0 saturated carbocycles. The summed E-state index contributed by atoms with van der Waals surface area (Å²) in [5.74, 6) is 0.289. The molecule has 3 N–H and O–H groups in total. The molecule has 0 atom stereocenters. The summed E-state index contributed by atoms with van der Waals surface area (Å²) in [6.07, 6.45) is 2.32. The standard InChI is InChI=1S/C11H14O3/c1-8(7-12)2-3-9-6-10(13)4-5-11(9)14/h2,4-6,12-14H,3,7H2,1H3/b8-2+. The number of benzene rings is 1. The number of allylic oxidation sites excluding steroid dienone is 1. The Morgan fingerprint density at radius 2 is 2.07 bits per heavy atom. The highest BCUT2D eigenvalue weighted by Gasteiger charge is 2.00. The van der Waals surface area contributed by atoms with Gasteiger partial charge in [-0.05, 0) is 31.5 Å². The molecule has 3 nitrogen and oxygen atoms in total. The molecule has 0 aromatic heterocycles. The van der Waals surface area contributed by atoms with Crippen LogP contribution in [0.1, 0.15) is 12.5 Å². The fourth-order valence-corrected chi connectivity index (χ4v) is 1.08. The molecule has 1 aromatic carbocycles. The van der Waals surface area contributed by atoms with Gasteiger partial charge in [-0.15, -0.1) is 0 Å². The van der Waals surface area contributed by atoms with Crippen molar-refractivity contribution in [2.24, 2.45) is 0 Å². The molecule has 76 valence electrons. The largest absolute Gasteiger partial charge is 0.508 e. The molecule has 14 heavy (non-hydrogen) atoms. The van der Waals surface area contributed by atoms with Crippen LogP contribution in [0.15, 0.2) is 29.8 Å². The fourth-order valence-electron chi connectivity index (χ4n) is 1.08. The van der Waals surface area contributed by atoms with Crippen LogP contribution in [0.25, 0.3) is 0 Å². The zero-order valence-corrected chi connectivity index (χ0v) is 8.07.